The van der Waals surface area contributed by atoms with Gasteiger partial charge in [0.1, 0.15) is 11.6 Å². The lowest BCUT2D eigenvalue weighted by molar-refractivity contribution is -0.141. The second-order valence-electron chi connectivity index (χ2n) is 10.4. The zero-order valence-corrected chi connectivity index (χ0v) is 22.7. The van der Waals surface area contributed by atoms with E-state index in [0.29, 0.717) is 43.5 Å². The third kappa shape index (κ3) is 5.05. The number of sulfone groups is 1. The fourth-order valence-corrected chi connectivity index (χ4v) is 7.43. The molecule has 5 rings (SSSR count). The molecule has 2 amide bonds. The van der Waals surface area contributed by atoms with Gasteiger partial charge in [0.15, 0.2) is 9.84 Å². The van der Waals surface area contributed by atoms with Crippen LogP contribution in [0.4, 0.5) is 13.2 Å². The van der Waals surface area contributed by atoms with Crippen LogP contribution in [0.3, 0.4) is 0 Å². The van der Waals surface area contributed by atoms with Crippen molar-refractivity contribution in [1.29, 1.82) is 5.26 Å². The molecule has 2 saturated carbocycles. The number of benzene rings is 1. The Kier molecular flexibility index (Phi) is 6.80. The van der Waals surface area contributed by atoms with Crippen LogP contribution >= 0.6 is 23.2 Å². The fourth-order valence-electron chi connectivity index (χ4n) is 5.07. The quantitative estimate of drug-likeness (QED) is 0.498. The number of carbonyl (C=O) groups is 2. The average molecular weight is 603 g/mol. The molecular weight excluding hydrogens is 580 g/mol. The van der Waals surface area contributed by atoms with Crippen LogP contribution in [-0.2, 0) is 25.6 Å². The number of hydrogen-bond acceptors (Lipinski definition) is 6. The molecule has 1 aromatic carbocycles. The first-order chi connectivity index (χ1) is 18.2. The molecule has 208 valence electrons. The summed E-state index contributed by atoms with van der Waals surface area (Å²) >= 11 is 12.1. The number of carbonyl (C=O) groups excluding carboxylic acids is 2. The maximum Gasteiger partial charge on any atom is 0.416 e. The van der Waals surface area contributed by atoms with Crippen molar-refractivity contribution in [2.75, 3.05) is 13.1 Å². The number of allylic oxidation sites excluding steroid dienone is 1. The highest BCUT2D eigenvalue weighted by Crippen LogP contribution is 2.51. The molecule has 3 fully saturated rings. The Hall–Kier alpha value is -2.62. The van der Waals surface area contributed by atoms with Crippen LogP contribution < -0.4 is 5.32 Å². The van der Waals surface area contributed by atoms with E-state index in [9.17, 15) is 36.4 Å². The third-order valence-electron chi connectivity index (χ3n) is 7.71. The lowest BCUT2D eigenvalue weighted by Crippen LogP contribution is -2.52. The summed E-state index contributed by atoms with van der Waals surface area (Å²) in [4.78, 5) is 32.1. The Balaban J connectivity index is 1.48. The minimum atomic E-state index is -4.81. The van der Waals surface area contributed by atoms with E-state index < -0.39 is 72.1 Å². The molecule has 2 aliphatic carbocycles. The molecule has 0 spiro atoms. The number of hydrogen-bond donors (Lipinski definition) is 1. The number of likely N-dealkylation sites (tertiary alicyclic amines) is 1. The first-order valence-electron chi connectivity index (χ1n) is 12.2. The average Bonchev–Trinajstić information content (AvgIpc) is 3.80. The lowest BCUT2D eigenvalue weighted by atomic mass is 9.95. The van der Waals surface area contributed by atoms with Gasteiger partial charge in [-0.2, -0.15) is 18.4 Å². The van der Waals surface area contributed by atoms with Crippen LogP contribution in [0.25, 0.3) is 0 Å². The number of rotatable bonds is 6. The maximum absolute atomic E-state index is 13.9. The molecule has 8 nitrogen and oxygen atoms in total. The fraction of sp³-hybridized carbons (Fsp3) is 0.520. The highest BCUT2D eigenvalue weighted by atomic mass is 35.5. The Bertz CT molecular complexity index is 1450. The maximum atomic E-state index is 13.9. The number of nitriles is 1. The van der Waals surface area contributed by atoms with Crippen molar-refractivity contribution in [3.8, 4) is 6.07 Å². The van der Waals surface area contributed by atoms with Crippen molar-refractivity contribution in [2.24, 2.45) is 10.4 Å². The van der Waals surface area contributed by atoms with Gasteiger partial charge in [-0.1, -0.05) is 17.7 Å². The van der Waals surface area contributed by atoms with Gasteiger partial charge in [0.25, 0.3) is 0 Å². The second-order valence-corrected chi connectivity index (χ2v) is 13.5. The van der Waals surface area contributed by atoms with Gasteiger partial charge >= 0.3 is 6.18 Å². The van der Waals surface area contributed by atoms with E-state index in [4.69, 9.17) is 23.2 Å². The first kappa shape index (κ1) is 27.9. The number of nitrogens with one attached hydrogen (secondary N) is 1. The molecule has 1 saturated heterocycles. The highest BCUT2D eigenvalue weighted by Gasteiger charge is 2.59. The Morgan fingerprint density at radius 1 is 1.21 bits per heavy atom. The normalized spacial score (nSPS) is 26.9. The van der Waals surface area contributed by atoms with Crippen molar-refractivity contribution in [2.45, 2.75) is 65.4 Å². The molecule has 3 atom stereocenters. The highest BCUT2D eigenvalue weighted by molar-refractivity contribution is 7.92. The predicted octanol–water partition coefficient (Wildman–Crippen LogP) is 3.67. The van der Waals surface area contributed by atoms with Crippen molar-refractivity contribution < 1.29 is 31.2 Å². The molecule has 4 aliphatic rings. The zero-order chi connectivity index (χ0) is 28.4. The molecule has 1 N–H and O–H groups in total. The summed E-state index contributed by atoms with van der Waals surface area (Å²) in [7, 11) is -4.51. The summed E-state index contributed by atoms with van der Waals surface area (Å²) in [6, 6.07) is 2.79. The number of alkyl halides is 4. The molecule has 1 aromatic rings. The Morgan fingerprint density at radius 2 is 1.90 bits per heavy atom. The van der Waals surface area contributed by atoms with E-state index in [1.807, 2.05) is 6.07 Å². The number of aliphatic imine (C=N–C) groups is 1. The molecule has 2 heterocycles. The summed E-state index contributed by atoms with van der Waals surface area (Å²) in [5.74, 6) is -1.18. The van der Waals surface area contributed by atoms with Crippen molar-refractivity contribution in [3.05, 3.63) is 40.9 Å². The van der Waals surface area contributed by atoms with Gasteiger partial charge < -0.3 is 10.2 Å². The molecule has 2 aliphatic heterocycles. The molecule has 14 heteroatoms. The zero-order valence-electron chi connectivity index (χ0n) is 20.3. The standard InChI is InChI=1S/C25H23Cl2F3N4O4S/c26-15-2-4-20(32-11-15)24(7-8-24)22(36)34-12-16(10-18(34)21(35)33-23(13-31)5-6-23)39(37,38)19-9-14(25(28,29)30)1-3-17(19)27/h1-4,9,15-16,18H,5-8,10-12H2,(H,33,35)/t15?,16-,18+/m1/s1. The summed E-state index contributed by atoms with van der Waals surface area (Å²) < 4.78 is 67.2. The van der Waals surface area contributed by atoms with Gasteiger partial charge in [0.2, 0.25) is 11.8 Å². The number of halogens is 5. The molecule has 0 aromatic heterocycles. The van der Waals surface area contributed by atoms with Crippen LogP contribution in [0.1, 0.15) is 37.7 Å². The topological polar surface area (TPSA) is 120 Å². The molecule has 0 bridgehead atoms. The Morgan fingerprint density at radius 3 is 2.44 bits per heavy atom. The van der Waals surface area contributed by atoms with E-state index in [0.717, 1.165) is 6.07 Å². The number of dihydropyridines is 1. The van der Waals surface area contributed by atoms with Crippen LogP contribution in [0, 0.1) is 16.7 Å². The van der Waals surface area contributed by atoms with E-state index in [2.05, 4.69) is 10.3 Å². The predicted molar refractivity (Wildman–Crippen MR) is 136 cm³/mol. The largest absolute Gasteiger partial charge is 0.416 e. The van der Waals surface area contributed by atoms with E-state index in [-0.39, 0.29) is 18.3 Å². The minimum absolute atomic E-state index is 0.266. The summed E-state index contributed by atoms with van der Waals surface area (Å²) in [5.41, 5.74) is -2.81. The summed E-state index contributed by atoms with van der Waals surface area (Å²) in [6.45, 7) is -0.162. The number of nitrogens with zero attached hydrogens (tertiary/aromatic N) is 3. The Labute approximate surface area is 232 Å². The molecule has 1 unspecified atom stereocenters. The van der Waals surface area contributed by atoms with Crippen molar-refractivity contribution in [1.82, 2.24) is 10.2 Å². The SMILES string of the molecule is N#CC1(NC(=O)[C@@H]2C[C@@H](S(=O)(=O)c3cc(C(F)(F)F)ccc3Cl)CN2C(=O)C2(C3=NCC(Cl)C=C3)CC2)CC1. The van der Waals surface area contributed by atoms with Crippen LogP contribution in [0.2, 0.25) is 5.02 Å². The monoisotopic (exact) mass is 602 g/mol. The van der Waals surface area contributed by atoms with Gasteiger partial charge in [-0.25, -0.2) is 8.42 Å². The van der Waals surface area contributed by atoms with Gasteiger partial charge in [0.05, 0.1) is 49.8 Å². The van der Waals surface area contributed by atoms with Gasteiger partial charge in [-0.15, -0.1) is 11.6 Å². The number of amides is 2. The first-order valence-corrected chi connectivity index (χ1v) is 14.6. The van der Waals surface area contributed by atoms with E-state index in [1.165, 1.54) is 4.90 Å². The summed E-state index contributed by atoms with van der Waals surface area (Å²) in [5, 5.41) is 9.93. The van der Waals surface area contributed by atoms with Crippen LogP contribution in [0.15, 0.2) is 40.2 Å². The van der Waals surface area contributed by atoms with E-state index in [1.54, 1.807) is 12.2 Å². The van der Waals surface area contributed by atoms with Crippen LogP contribution in [0.5, 0.6) is 0 Å². The third-order valence-corrected chi connectivity index (χ3v) is 10.6. The van der Waals surface area contributed by atoms with Gasteiger partial charge in [0, 0.05) is 6.54 Å². The lowest BCUT2D eigenvalue weighted by Gasteiger charge is -2.29. The van der Waals surface area contributed by atoms with Gasteiger partial charge in [-0.05, 0) is 56.4 Å². The van der Waals surface area contributed by atoms with E-state index >= 15 is 0 Å². The molecule has 0 radical (unpaired) electrons. The summed E-state index contributed by atoms with van der Waals surface area (Å²) in [6.07, 6.45) is -0.0980. The van der Waals surface area contributed by atoms with Crippen molar-refractivity contribution >= 4 is 50.6 Å². The smallest absolute Gasteiger partial charge is 0.336 e. The molecular formula is C25H23Cl2F3N4O4S. The van der Waals surface area contributed by atoms with Crippen LogP contribution in [-0.4, -0.2) is 66.1 Å². The second kappa shape index (κ2) is 9.49. The minimum Gasteiger partial charge on any atom is -0.336 e. The van der Waals surface area contributed by atoms with Crippen molar-refractivity contribution in [3.63, 3.8) is 0 Å². The molecule has 39 heavy (non-hydrogen) atoms. The van der Waals surface area contributed by atoms with Gasteiger partial charge in [-0.3, -0.25) is 14.6 Å².